The van der Waals surface area contributed by atoms with E-state index >= 15 is 0 Å². The molecule has 0 aliphatic carbocycles. The van der Waals surface area contributed by atoms with Gasteiger partial charge < -0.3 is 5.32 Å². The average Bonchev–Trinajstić information content (AvgIpc) is 3.18. The zero-order valence-electron chi connectivity index (χ0n) is 13.3. The van der Waals surface area contributed by atoms with E-state index in [1.54, 1.807) is 11.0 Å². The van der Waals surface area contributed by atoms with Gasteiger partial charge in [-0.25, -0.2) is 9.67 Å². The normalized spacial score (nSPS) is 12.1. The van der Waals surface area contributed by atoms with Crippen molar-refractivity contribution in [2.24, 2.45) is 0 Å². The first kappa shape index (κ1) is 15.4. The molecule has 0 saturated carbocycles. The molecule has 1 atom stereocenters. The van der Waals surface area contributed by atoms with Crippen LogP contribution >= 0.6 is 11.3 Å². The van der Waals surface area contributed by atoms with Crippen molar-refractivity contribution >= 4 is 17.2 Å². The number of benzene rings is 1. The molecule has 1 aromatic carbocycles. The minimum atomic E-state index is -0.0602. The van der Waals surface area contributed by atoms with E-state index in [4.69, 9.17) is 0 Å². The van der Waals surface area contributed by atoms with Gasteiger partial charge in [0.15, 0.2) is 0 Å². The summed E-state index contributed by atoms with van der Waals surface area (Å²) < 4.78 is 1.70. The number of hydrogen-bond donors (Lipinski definition) is 1. The van der Waals surface area contributed by atoms with Gasteiger partial charge in [-0.2, -0.15) is 5.10 Å². The summed E-state index contributed by atoms with van der Waals surface area (Å²) in [4.78, 5) is 18.2. The van der Waals surface area contributed by atoms with Gasteiger partial charge in [-0.1, -0.05) is 12.1 Å². The van der Waals surface area contributed by atoms with Gasteiger partial charge in [0, 0.05) is 4.88 Å². The van der Waals surface area contributed by atoms with Gasteiger partial charge in [-0.05, 0) is 50.1 Å². The predicted octanol–water partition coefficient (Wildman–Crippen LogP) is 3.44. The van der Waals surface area contributed by atoms with E-state index in [1.807, 2.05) is 51.1 Å². The van der Waals surface area contributed by atoms with Crippen LogP contribution < -0.4 is 5.32 Å². The number of aromatic nitrogens is 3. The number of nitrogens with zero attached hydrogens (tertiary/aromatic N) is 3. The van der Waals surface area contributed by atoms with Crippen molar-refractivity contribution < 1.29 is 4.79 Å². The van der Waals surface area contributed by atoms with Crippen LogP contribution in [0.2, 0.25) is 0 Å². The van der Waals surface area contributed by atoms with Crippen molar-refractivity contribution in [3.63, 3.8) is 0 Å². The van der Waals surface area contributed by atoms with E-state index in [1.165, 1.54) is 22.5 Å². The fraction of sp³-hybridized carbons (Fsp3) is 0.235. The van der Waals surface area contributed by atoms with Crippen molar-refractivity contribution in [2.45, 2.75) is 26.8 Å². The molecule has 1 amide bonds. The quantitative estimate of drug-likeness (QED) is 0.799. The van der Waals surface area contributed by atoms with Crippen molar-refractivity contribution in [3.8, 4) is 5.69 Å². The molecule has 0 unspecified atom stereocenters. The molecule has 0 aliphatic heterocycles. The van der Waals surface area contributed by atoms with E-state index in [-0.39, 0.29) is 11.9 Å². The number of carbonyl (C=O) groups excluding carboxylic acids is 1. The molecule has 3 rings (SSSR count). The lowest BCUT2D eigenvalue weighted by molar-refractivity contribution is 0.0944. The van der Waals surface area contributed by atoms with Crippen LogP contribution in [0.5, 0.6) is 0 Å². The van der Waals surface area contributed by atoms with Gasteiger partial charge in [0.25, 0.3) is 5.91 Å². The SMILES string of the molecule is Cc1cc(C(=O)N[C@H](C)c2ccc(-n3cncn3)cc2)sc1C. The summed E-state index contributed by atoms with van der Waals surface area (Å²) in [7, 11) is 0. The van der Waals surface area contributed by atoms with Crippen LogP contribution in [-0.4, -0.2) is 20.7 Å². The molecule has 3 aromatic rings. The molecule has 0 fully saturated rings. The predicted molar refractivity (Wildman–Crippen MR) is 91.0 cm³/mol. The molecule has 0 spiro atoms. The molecule has 0 saturated heterocycles. The van der Waals surface area contributed by atoms with E-state index in [9.17, 15) is 4.79 Å². The molecule has 23 heavy (non-hydrogen) atoms. The number of amides is 1. The van der Waals surface area contributed by atoms with E-state index in [0.717, 1.165) is 21.7 Å². The third kappa shape index (κ3) is 3.32. The Morgan fingerprint density at radius 3 is 2.57 bits per heavy atom. The van der Waals surface area contributed by atoms with Gasteiger partial charge in [-0.15, -0.1) is 11.3 Å². The fourth-order valence-corrected chi connectivity index (χ4v) is 3.23. The molecular weight excluding hydrogens is 308 g/mol. The molecular formula is C17H18N4OS. The highest BCUT2D eigenvalue weighted by Gasteiger charge is 2.14. The number of nitrogens with one attached hydrogen (secondary N) is 1. The molecule has 2 heterocycles. The van der Waals surface area contributed by atoms with Crippen LogP contribution in [0.4, 0.5) is 0 Å². The summed E-state index contributed by atoms with van der Waals surface area (Å²) in [6, 6.07) is 9.79. The Morgan fingerprint density at radius 2 is 2.00 bits per heavy atom. The summed E-state index contributed by atoms with van der Waals surface area (Å²) in [6.07, 6.45) is 3.16. The highest BCUT2D eigenvalue weighted by atomic mass is 32.1. The number of hydrogen-bond acceptors (Lipinski definition) is 4. The standard InChI is InChI=1S/C17H18N4OS/c1-11-8-16(23-13(11)3)17(22)20-12(2)14-4-6-15(7-5-14)21-10-18-9-19-21/h4-10,12H,1-3H3,(H,20,22)/t12-/m1/s1. The molecule has 0 bridgehead atoms. The van der Waals surface area contributed by atoms with Crippen LogP contribution in [0.25, 0.3) is 5.69 Å². The van der Waals surface area contributed by atoms with Crippen molar-refractivity contribution in [1.29, 1.82) is 0 Å². The summed E-state index contributed by atoms with van der Waals surface area (Å²) in [6.45, 7) is 6.04. The molecule has 2 aromatic heterocycles. The van der Waals surface area contributed by atoms with Crippen LogP contribution in [0, 0.1) is 13.8 Å². The zero-order chi connectivity index (χ0) is 16.4. The average molecular weight is 326 g/mol. The Hall–Kier alpha value is -2.47. The Bertz CT molecular complexity index is 786. The van der Waals surface area contributed by atoms with Crippen LogP contribution in [0.15, 0.2) is 43.0 Å². The lowest BCUT2D eigenvalue weighted by Crippen LogP contribution is -2.25. The number of thiophene rings is 1. The molecule has 118 valence electrons. The second kappa shape index (κ2) is 6.34. The minimum Gasteiger partial charge on any atom is -0.345 e. The summed E-state index contributed by atoms with van der Waals surface area (Å²) >= 11 is 1.53. The molecule has 1 N–H and O–H groups in total. The zero-order valence-corrected chi connectivity index (χ0v) is 14.1. The van der Waals surface area contributed by atoms with Crippen LogP contribution in [-0.2, 0) is 0 Å². The number of aryl methyl sites for hydroxylation is 2. The van der Waals surface area contributed by atoms with Gasteiger partial charge in [0.2, 0.25) is 0 Å². The number of rotatable bonds is 4. The molecule has 0 radical (unpaired) electrons. The largest absolute Gasteiger partial charge is 0.345 e. The minimum absolute atomic E-state index is 0.0287. The Morgan fingerprint density at radius 1 is 1.26 bits per heavy atom. The monoisotopic (exact) mass is 326 g/mol. The lowest BCUT2D eigenvalue weighted by Gasteiger charge is -2.14. The third-order valence-electron chi connectivity index (χ3n) is 3.81. The third-order valence-corrected chi connectivity index (χ3v) is 4.97. The first-order valence-electron chi connectivity index (χ1n) is 7.37. The Balaban J connectivity index is 1.70. The number of carbonyl (C=O) groups is 1. The first-order valence-corrected chi connectivity index (χ1v) is 8.19. The lowest BCUT2D eigenvalue weighted by atomic mass is 10.1. The van der Waals surface area contributed by atoms with Gasteiger partial charge in [-0.3, -0.25) is 4.79 Å². The van der Waals surface area contributed by atoms with Crippen LogP contribution in [0.1, 0.15) is 38.6 Å². The van der Waals surface area contributed by atoms with E-state index in [0.29, 0.717) is 0 Å². The molecule has 6 heteroatoms. The van der Waals surface area contributed by atoms with E-state index in [2.05, 4.69) is 15.4 Å². The van der Waals surface area contributed by atoms with Gasteiger partial charge in [0.1, 0.15) is 12.7 Å². The van der Waals surface area contributed by atoms with Crippen molar-refractivity contribution in [2.75, 3.05) is 0 Å². The maximum Gasteiger partial charge on any atom is 0.261 e. The summed E-state index contributed by atoms with van der Waals surface area (Å²) in [5, 5.41) is 7.14. The van der Waals surface area contributed by atoms with Crippen molar-refractivity contribution in [1.82, 2.24) is 20.1 Å². The second-order valence-electron chi connectivity index (χ2n) is 5.48. The smallest absolute Gasteiger partial charge is 0.261 e. The highest BCUT2D eigenvalue weighted by molar-refractivity contribution is 7.14. The maximum atomic E-state index is 12.3. The topological polar surface area (TPSA) is 59.8 Å². The second-order valence-corrected chi connectivity index (χ2v) is 6.73. The first-order chi connectivity index (χ1) is 11.0. The highest BCUT2D eigenvalue weighted by Crippen LogP contribution is 2.22. The van der Waals surface area contributed by atoms with Crippen molar-refractivity contribution in [3.05, 3.63) is 63.9 Å². The molecule has 0 aliphatic rings. The fourth-order valence-electron chi connectivity index (χ4n) is 2.29. The molecule has 5 nitrogen and oxygen atoms in total. The summed E-state index contributed by atoms with van der Waals surface area (Å²) in [5.74, 6) is -0.0287. The summed E-state index contributed by atoms with van der Waals surface area (Å²) in [5.41, 5.74) is 3.14. The van der Waals surface area contributed by atoms with Gasteiger partial charge in [0.05, 0.1) is 16.6 Å². The maximum absolute atomic E-state index is 12.3. The Labute approximate surface area is 139 Å². The van der Waals surface area contributed by atoms with E-state index < -0.39 is 0 Å². The van der Waals surface area contributed by atoms with Gasteiger partial charge >= 0.3 is 0 Å². The van der Waals surface area contributed by atoms with Crippen LogP contribution in [0.3, 0.4) is 0 Å². The Kier molecular flexibility index (Phi) is 4.25.